The summed E-state index contributed by atoms with van der Waals surface area (Å²) in [5, 5.41) is 4.56. The van der Waals surface area contributed by atoms with Crippen LogP contribution in [-0.2, 0) is 7.05 Å². The summed E-state index contributed by atoms with van der Waals surface area (Å²) in [5.74, 6) is 0.504. The number of carbonyl (C=O) groups is 1. The van der Waals surface area contributed by atoms with Crippen LogP contribution in [-0.4, -0.2) is 15.6 Å². The van der Waals surface area contributed by atoms with Gasteiger partial charge in [0.05, 0.1) is 16.1 Å². The fourth-order valence-electron chi connectivity index (χ4n) is 2.69. The Hall–Kier alpha value is -1.42. The van der Waals surface area contributed by atoms with Gasteiger partial charge in [-0.2, -0.15) is 5.10 Å². The molecule has 1 aromatic heterocycles. The highest BCUT2D eigenvalue weighted by atomic mass is 79.9. The number of carbonyl (C=O) groups excluding carboxylic acids is 1. The number of Topliss-reactive ketones (excluding diaryl/α,β-unsaturated/α-hetero) is 1. The predicted molar refractivity (Wildman–Crippen MR) is 78.4 cm³/mol. The number of hydrogen-bond acceptors (Lipinski definition) is 2. The third-order valence-corrected chi connectivity index (χ3v) is 5.02. The zero-order chi connectivity index (χ0) is 13.6. The summed E-state index contributed by atoms with van der Waals surface area (Å²) in [6.07, 6.45) is 0.578. The molecule has 2 aromatic rings. The van der Waals surface area contributed by atoms with Gasteiger partial charge in [-0.15, -0.1) is 0 Å². The maximum absolute atomic E-state index is 12.4. The summed E-state index contributed by atoms with van der Waals surface area (Å²) in [6, 6.07) is 9.90. The summed E-state index contributed by atoms with van der Waals surface area (Å²) >= 11 is 3.70. The van der Waals surface area contributed by atoms with Crippen molar-refractivity contribution in [3.05, 3.63) is 41.6 Å². The van der Waals surface area contributed by atoms with Gasteiger partial charge in [0.2, 0.25) is 0 Å². The molecule has 0 saturated heterocycles. The van der Waals surface area contributed by atoms with Crippen LogP contribution in [0, 0.1) is 5.92 Å². The molecule has 0 radical (unpaired) electrons. The number of rotatable bonds is 1. The van der Waals surface area contributed by atoms with Gasteiger partial charge in [0.15, 0.2) is 5.78 Å². The molecule has 0 aliphatic heterocycles. The topological polar surface area (TPSA) is 34.9 Å². The van der Waals surface area contributed by atoms with Crippen molar-refractivity contribution >= 4 is 21.7 Å². The number of fused-ring (bicyclic) bond motifs is 1. The Labute approximate surface area is 120 Å². The molecular formula is C15H15BrN2O. The van der Waals surface area contributed by atoms with Gasteiger partial charge in [-0.25, -0.2) is 0 Å². The first kappa shape index (κ1) is 12.6. The van der Waals surface area contributed by atoms with E-state index in [1.165, 1.54) is 0 Å². The molecule has 2 unspecified atom stereocenters. The molecule has 1 aliphatic rings. The Morgan fingerprint density at radius 1 is 1.32 bits per heavy atom. The quantitative estimate of drug-likeness (QED) is 0.751. The van der Waals surface area contributed by atoms with Crippen molar-refractivity contribution in [2.45, 2.75) is 18.2 Å². The Bertz CT molecular complexity index is 633. The average Bonchev–Trinajstić information content (AvgIpc) is 2.75. The Morgan fingerprint density at radius 3 is 2.68 bits per heavy atom. The number of aryl methyl sites for hydroxylation is 1. The van der Waals surface area contributed by atoms with Crippen LogP contribution < -0.4 is 0 Å². The number of nitrogens with zero attached hydrogens (tertiary/aromatic N) is 2. The maximum Gasteiger partial charge on any atom is 0.167 e. The van der Waals surface area contributed by atoms with Crippen LogP contribution in [0.4, 0.5) is 0 Å². The zero-order valence-corrected chi connectivity index (χ0v) is 12.5. The van der Waals surface area contributed by atoms with E-state index in [0.717, 1.165) is 22.5 Å². The van der Waals surface area contributed by atoms with E-state index >= 15 is 0 Å². The lowest BCUT2D eigenvalue weighted by Gasteiger charge is -2.24. The van der Waals surface area contributed by atoms with Crippen LogP contribution in [0.25, 0.3) is 11.3 Å². The Balaban J connectivity index is 2.23. The molecule has 0 fully saturated rings. The first-order chi connectivity index (χ1) is 9.09. The number of alkyl halides is 1. The molecule has 3 nitrogen and oxygen atoms in total. The second kappa shape index (κ2) is 4.60. The SMILES string of the molecule is CC1CC(=O)c2c(-c3ccccc3)nn(C)c2C1Br. The van der Waals surface area contributed by atoms with Crippen molar-refractivity contribution in [2.24, 2.45) is 13.0 Å². The fourth-order valence-corrected chi connectivity index (χ4v) is 3.41. The first-order valence-electron chi connectivity index (χ1n) is 6.39. The second-order valence-electron chi connectivity index (χ2n) is 5.10. The minimum atomic E-state index is 0.190. The van der Waals surface area contributed by atoms with Gasteiger partial charge in [0, 0.05) is 19.0 Å². The predicted octanol–water partition coefficient (Wildman–Crippen LogP) is 3.75. The van der Waals surface area contributed by atoms with Crippen molar-refractivity contribution in [1.82, 2.24) is 9.78 Å². The zero-order valence-electron chi connectivity index (χ0n) is 10.9. The van der Waals surface area contributed by atoms with Gasteiger partial charge in [0.1, 0.15) is 5.69 Å². The number of aromatic nitrogens is 2. The first-order valence-corrected chi connectivity index (χ1v) is 7.30. The van der Waals surface area contributed by atoms with E-state index in [9.17, 15) is 4.79 Å². The third-order valence-electron chi connectivity index (χ3n) is 3.69. The molecule has 0 N–H and O–H groups in total. The maximum atomic E-state index is 12.4. The average molecular weight is 319 g/mol. The molecule has 0 amide bonds. The minimum absolute atomic E-state index is 0.190. The molecule has 19 heavy (non-hydrogen) atoms. The van der Waals surface area contributed by atoms with Crippen molar-refractivity contribution in [3.63, 3.8) is 0 Å². The lowest BCUT2D eigenvalue weighted by molar-refractivity contribution is 0.0952. The van der Waals surface area contributed by atoms with Crippen LogP contribution >= 0.6 is 15.9 Å². The van der Waals surface area contributed by atoms with Crippen LogP contribution in [0.3, 0.4) is 0 Å². The summed E-state index contributed by atoms with van der Waals surface area (Å²) < 4.78 is 1.84. The van der Waals surface area contributed by atoms with E-state index in [1.54, 1.807) is 0 Å². The molecule has 0 bridgehead atoms. The van der Waals surface area contributed by atoms with E-state index in [0.29, 0.717) is 12.3 Å². The summed E-state index contributed by atoms with van der Waals surface area (Å²) in [7, 11) is 1.91. The van der Waals surface area contributed by atoms with Crippen molar-refractivity contribution in [3.8, 4) is 11.3 Å². The highest BCUT2D eigenvalue weighted by molar-refractivity contribution is 9.09. The summed E-state index contributed by atoms with van der Waals surface area (Å²) in [5.41, 5.74) is 3.60. The molecule has 4 heteroatoms. The number of benzene rings is 1. The Kier molecular flexibility index (Phi) is 3.05. The van der Waals surface area contributed by atoms with Crippen molar-refractivity contribution in [1.29, 1.82) is 0 Å². The van der Waals surface area contributed by atoms with E-state index in [-0.39, 0.29) is 10.6 Å². The standard InChI is InChI=1S/C15H15BrN2O/c1-9-8-11(19)12-14(10-6-4-3-5-7-10)17-18(2)15(12)13(9)16/h3-7,9,13H,8H2,1-2H3. The van der Waals surface area contributed by atoms with Gasteiger partial charge in [-0.05, 0) is 5.92 Å². The summed E-state index contributed by atoms with van der Waals surface area (Å²) in [4.78, 5) is 12.6. The molecular weight excluding hydrogens is 304 g/mol. The van der Waals surface area contributed by atoms with Gasteiger partial charge >= 0.3 is 0 Å². The fraction of sp³-hybridized carbons (Fsp3) is 0.333. The molecule has 1 aromatic carbocycles. The Morgan fingerprint density at radius 2 is 2.00 bits per heavy atom. The lowest BCUT2D eigenvalue weighted by atomic mass is 9.86. The summed E-state index contributed by atoms with van der Waals surface area (Å²) in [6.45, 7) is 2.09. The van der Waals surface area contributed by atoms with Crippen LogP contribution in [0.15, 0.2) is 30.3 Å². The minimum Gasteiger partial charge on any atom is -0.294 e. The van der Waals surface area contributed by atoms with Crippen LogP contribution in [0.1, 0.15) is 34.2 Å². The van der Waals surface area contributed by atoms with Crippen molar-refractivity contribution < 1.29 is 4.79 Å². The smallest absolute Gasteiger partial charge is 0.167 e. The van der Waals surface area contributed by atoms with Crippen LogP contribution in [0.5, 0.6) is 0 Å². The highest BCUT2D eigenvalue weighted by Gasteiger charge is 2.35. The molecule has 98 valence electrons. The highest BCUT2D eigenvalue weighted by Crippen LogP contribution is 2.43. The molecule has 1 aliphatic carbocycles. The van der Waals surface area contributed by atoms with E-state index in [1.807, 2.05) is 42.1 Å². The monoisotopic (exact) mass is 318 g/mol. The molecule has 0 saturated carbocycles. The van der Waals surface area contributed by atoms with Gasteiger partial charge in [-0.3, -0.25) is 9.48 Å². The number of hydrogen-bond donors (Lipinski definition) is 0. The van der Waals surface area contributed by atoms with E-state index < -0.39 is 0 Å². The van der Waals surface area contributed by atoms with E-state index in [2.05, 4.69) is 28.0 Å². The molecule has 0 spiro atoms. The van der Waals surface area contributed by atoms with Crippen LogP contribution in [0.2, 0.25) is 0 Å². The molecule has 2 atom stereocenters. The second-order valence-corrected chi connectivity index (χ2v) is 6.09. The van der Waals surface area contributed by atoms with Gasteiger partial charge < -0.3 is 0 Å². The van der Waals surface area contributed by atoms with Gasteiger partial charge in [-0.1, -0.05) is 53.2 Å². The van der Waals surface area contributed by atoms with Crippen molar-refractivity contribution in [2.75, 3.05) is 0 Å². The van der Waals surface area contributed by atoms with E-state index in [4.69, 9.17) is 0 Å². The normalized spacial score (nSPS) is 22.4. The van der Waals surface area contributed by atoms with Gasteiger partial charge in [0.25, 0.3) is 0 Å². The third kappa shape index (κ3) is 1.94. The number of ketones is 1. The number of halogens is 1. The largest absolute Gasteiger partial charge is 0.294 e. The molecule has 1 heterocycles. The molecule has 3 rings (SSSR count). The lowest BCUT2D eigenvalue weighted by Crippen LogP contribution is -2.21.